The van der Waals surface area contributed by atoms with Crippen LogP contribution in [0.1, 0.15) is 13.3 Å². The van der Waals surface area contributed by atoms with E-state index in [0.29, 0.717) is 5.92 Å². The van der Waals surface area contributed by atoms with Crippen LogP contribution in [-0.2, 0) is 0 Å². The minimum absolute atomic E-state index is 0.578. The summed E-state index contributed by atoms with van der Waals surface area (Å²) in [5, 5.41) is 3.10. The fourth-order valence-electron chi connectivity index (χ4n) is 1.48. The molecule has 0 radical (unpaired) electrons. The third kappa shape index (κ3) is 1.09. The quantitative estimate of drug-likeness (QED) is 0.575. The Morgan fingerprint density at radius 1 is 1.67 bits per heavy atom. The second-order valence-corrected chi connectivity index (χ2v) is 3.25. The van der Waals surface area contributed by atoms with Crippen LogP contribution in [0.25, 0.3) is 0 Å². The average Bonchev–Trinajstić information content (AvgIpc) is 2.04. The standard InChI is InChI=1S/C10H12N2/c1-7-3-4-11-10-5-8(2)12-6-9(7)10/h4-7,12H,2-3H2,1H3/t7-/m1/s1. The Morgan fingerprint density at radius 3 is 3.33 bits per heavy atom. The van der Waals surface area contributed by atoms with Crippen LogP contribution in [0, 0.1) is 5.92 Å². The van der Waals surface area contributed by atoms with Crippen molar-refractivity contribution in [2.75, 3.05) is 0 Å². The second-order valence-electron chi connectivity index (χ2n) is 3.25. The van der Waals surface area contributed by atoms with Crippen molar-refractivity contribution in [3.63, 3.8) is 0 Å². The first-order chi connectivity index (χ1) is 5.77. The van der Waals surface area contributed by atoms with Gasteiger partial charge in [-0.05, 0) is 24.0 Å². The lowest BCUT2D eigenvalue weighted by Crippen LogP contribution is -2.16. The van der Waals surface area contributed by atoms with Gasteiger partial charge in [-0.25, -0.2) is 0 Å². The Morgan fingerprint density at radius 2 is 2.50 bits per heavy atom. The highest BCUT2D eigenvalue weighted by molar-refractivity contribution is 5.66. The maximum atomic E-state index is 4.32. The van der Waals surface area contributed by atoms with Gasteiger partial charge in [0.15, 0.2) is 0 Å². The fraction of sp³-hybridized carbons (Fsp3) is 0.300. The second kappa shape index (κ2) is 2.63. The van der Waals surface area contributed by atoms with E-state index in [1.54, 1.807) is 0 Å². The van der Waals surface area contributed by atoms with Gasteiger partial charge < -0.3 is 5.32 Å². The predicted octanol–water partition coefficient (Wildman–Crippen LogP) is 1.98. The van der Waals surface area contributed by atoms with Crippen LogP contribution in [0.15, 0.2) is 40.8 Å². The van der Waals surface area contributed by atoms with Crippen molar-refractivity contribution in [3.8, 4) is 0 Å². The molecule has 12 heavy (non-hydrogen) atoms. The Balaban J connectivity index is 2.40. The van der Waals surface area contributed by atoms with E-state index in [-0.39, 0.29) is 0 Å². The van der Waals surface area contributed by atoms with Crippen LogP contribution in [0.5, 0.6) is 0 Å². The molecule has 0 saturated carbocycles. The van der Waals surface area contributed by atoms with Crippen LogP contribution in [0.2, 0.25) is 0 Å². The summed E-state index contributed by atoms with van der Waals surface area (Å²) < 4.78 is 0. The Labute approximate surface area is 72.4 Å². The zero-order chi connectivity index (χ0) is 8.55. The minimum atomic E-state index is 0.578. The van der Waals surface area contributed by atoms with E-state index in [4.69, 9.17) is 0 Å². The number of allylic oxidation sites excluding steroid dienone is 2. The first-order valence-electron chi connectivity index (χ1n) is 4.17. The van der Waals surface area contributed by atoms with Gasteiger partial charge in [-0.15, -0.1) is 0 Å². The normalized spacial score (nSPS) is 27.1. The molecule has 0 amide bonds. The van der Waals surface area contributed by atoms with Crippen LogP contribution in [0.4, 0.5) is 0 Å². The molecule has 0 aromatic heterocycles. The summed E-state index contributed by atoms with van der Waals surface area (Å²) >= 11 is 0. The Hall–Kier alpha value is -1.31. The third-order valence-corrected chi connectivity index (χ3v) is 2.24. The maximum Gasteiger partial charge on any atom is 0.0695 e. The number of aliphatic imine (C=N–C) groups is 1. The molecule has 2 heteroatoms. The minimum Gasteiger partial charge on any atom is -0.362 e. The van der Waals surface area contributed by atoms with E-state index in [0.717, 1.165) is 17.8 Å². The van der Waals surface area contributed by atoms with Gasteiger partial charge in [0, 0.05) is 18.1 Å². The van der Waals surface area contributed by atoms with Gasteiger partial charge in [-0.2, -0.15) is 0 Å². The highest BCUT2D eigenvalue weighted by Crippen LogP contribution is 2.28. The molecule has 0 aliphatic carbocycles. The van der Waals surface area contributed by atoms with Crippen LogP contribution < -0.4 is 5.32 Å². The van der Waals surface area contributed by atoms with E-state index < -0.39 is 0 Å². The fourth-order valence-corrected chi connectivity index (χ4v) is 1.48. The first-order valence-corrected chi connectivity index (χ1v) is 4.17. The summed E-state index contributed by atoms with van der Waals surface area (Å²) in [6, 6.07) is 0. The molecule has 0 bridgehead atoms. The lowest BCUT2D eigenvalue weighted by Gasteiger charge is -2.23. The zero-order valence-electron chi connectivity index (χ0n) is 7.17. The zero-order valence-corrected chi connectivity index (χ0v) is 7.17. The molecule has 2 nitrogen and oxygen atoms in total. The van der Waals surface area contributed by atoms with E-state index in [9.17, 15) is 0 Å². The summed E-state index contributed by atoms with van der Waals surface area (Å²) in [4.78, 5) is 4.32. The first kappa shape index (κ1) is 7.35. The number of rotatable bonds is 0. The predicted molar refractivity (Wildman–Crippen MR) is 50.7 cm³/mol. The maximum absolute atomic E-state index is 4.32. The highest BCUT2D eigenvalue weighted by atomic mass is 14.9. The average molecular weight is 160 g/mol. The summed E-state index contributed by atoms with van der Waals surface area (Å²) in [6.45, 7) is 6.03. The lowest BCUT2D eigenvalue weighted by molar-refractivity contribution is 0.699. The molecule has 0 spiro atoms. The monoisotopic (exact) mass is 160 g/mol. The molecule has 0 saturated heterocycles. The number of nitrogens with zero attached hydrogens (tertiary/aromatic N) is 1. The molecule has 0 fully saturated rings. The van der Waals surface area contributed by atoms with Crippen LogP contribution in [-0.4, -0.2) is 6.21 Å². The van der Waals surface area contributed by atoms with Crippen molar-refractivity contribution >= 4 is 6.21 Å². The van der Waals surface area contributed by atoms with Gasteiger partial charge in [-0.1, -0.05) is 13.5 Å². The molecule has 0 unspecified atom stereocenters. The van der Waals surface area contributed by atoms with E-state index >= 15 is 0 Å². The molecule has 0 aromatic carbocycles. The Bertz CT molecular complexity index is 308. The highest BCUT2D eigenvalue weighted by Gasteiger charge is 2.18. The Kier molecular flexibility index (Phi) is 1.61. The molecular weight excluding hydrogens is 148 g/mol. The smallest absolute Gasteiger partial charge is 0.0695 e. The molecule has 2 aliphatic rings. The van der Waals surface area contributed by atoms with Crippen molar-refractivity contribution in [1.29, 1.82) is 0 Å². The summed E-state index contributed by atoms with van der Waals surface area (Å²) in [7, 11) is 0. The third-order valence-electron chi connectivity index (χ3n) is 2.24. The molecule has 2 aliphatic heterocycles. The topological polar surface area (TPSA) is 24.4 Å². The number of hydrogen-bond donors (Lipinski definition) is 1. The van der Waals surface area contributed by atoms with Gasteiger partial charge in [-0.3, -0.25) is 4.99 Å². The van der Waals surface area contributed by atoms with Crippen molar-refractivity contribution < 1.29 is 0 Å². The summed E-state index contributed by atoms with van der Waals surface area (Å²) in [5.41, 5.74) is 3.28. The van der Waals surface area contributed by atoms with Crippen molar-refractivity contribution in [2.45, 2.75) is 13.3 Å². The van der Waals surface area contributed by atoms with E-state index in [1.807, 2.05) is 18.5 Å². The summed E-state index contributed by atoms with van der Waals surface area (Å²) in [5.74, 6) is 0.578. The SMILES string of the molecule is C=C1C=C2N=CC[C@@H](C)C2=CN1. The number of dihydropyridines is 1. The number of nitrogens with one attached hydrogen (secondary N) is 1. The van der Waals surface area contributed by atoms with Crippen LogP contribution in [0.3, 0.4) is 0 Å². The lowest BCUT2D eigenvalue weighted by atomic mass is 9.92. The van der Waals surface area contributed by atoms with E-state index in [2.05, 4.69) is 23.8 Å². The van der Waals surface area contributed by atoms with Gasteiger partial charge in [0.2, 0.25) is 0 Å². The van der Waals surface area contributed by atoms with Crippen LogP contribution >= 0.6 is 0 Å². The number of hydrogen-bond acceptors (Lipinski definition) is 2. The van der Waals surface area contributed by atoms with E-state index in [1.165, 1.54) is 5.57 Å². The van der Waals surface area contributed by atoms with Gasteiger partial charge in [0.05, 0.1) is 5.70 Å². The molecule has 2 rings (SSSR count). The molecule has 1 N–H and O–H groups in total. The largest absolute Gasteiger partial charge is 0.362 e. The molecule has 62 valence electrons. The molecular formula is C10H12N2. The molecule has 2 heterocycles. The molecule has 1 atom stereocenters. The molecule has 0 aromatic rings. The number of fused-ring (bicyclic) bond motifs is 1. The van der Waals surface area contributed by atoms with Gasteiger partial charge in [0.25, 0.3) is 0 Å². The van der Waals surface area contributed by atoms with Crippen molar-refractivity contribution in [1.82, 2.24) is 5.32 Å². The van der Waals surface area contributed by atoms with Gasteiger partial charge >= 0.3 is 0 Å². The van der Waals surface area contributed by atoms with Crippen molar-refractivity contribution in [3.05, 3.63) is 35.8 Å². The van der Waals surface area contributed by atoms with Crippen molar-refractivity contribution in [2.24, 2.45) is 10.9 Å². The van der Waals surface area contributed by atoms with Gasteiger partial charge in [0.1, 0.15) is 0 Å². The summed E-state index contributed by atoms with van der Waals surface area (Å²) in [6.07, 6.45) is 7.02.